The van der Waals surface area contributed by atoms with E-state index in [0.29, 0.717) is 19.1 Å². The third kappa shape index (κ3) is 3.86. The lowest BCUT2D eigenvalue weighted by molar-refractivity contribution is 0.232. The number of benzene rings is 1. The highest BCUT2D eigenvalue weighted by Crippen LogP contribution is 2.38. The Hall–Kier alpha value is -0.740. The van der Waals surface area contributed by atoms with Gasteiger partial charge in [-0.3, -0.25) is 0 Å². The first-order valence-corrected chi connectivity index (χ1v) is 7.82. The average molecular weight is 328 g/mol. The average Bonchev–Trinajstić information content (AvgIpc) is 2.91. The molecule has 0 bridgehead atoms. The zero-order valence-electron chi connectivity index (χ0n) is 11.5. The Morgan fingerprint density at radius 1 is 1.26 bits per heavy atom. The fraction of sp³-hybridized carbons (Fsp3) is 0.600. The molecule has 106 valence electrons. The van der Waals surface area contributed by atoms with Gasteiger partial charge < -0.3 is 15.2 Å². The standard InChI is InChI=1S/C15H22BrNO2/c1-2-18-14-8-12(9-17)7-13(16)15(14)19-10-11-5-3-4-6-11/h7-8,11H,2-6,9-10,17H2,1H3. The van der Waals surface area contributed by atoms with E-state index in [1.165, 1.54) is 25.7 Å². The van der Waals surface area contributed by atoms with Crippen LogP contribution >= 0.6 is 15.9 Å². The molecule has 0 saturated heterocycles. The second-order valence-electron chi connectivity index (χ2n) is 5.00. The van der Waals surface area contributed by atoms with Crippen LogP contribution in [0.3, 0.4) is 0 Å². The Morgan fingerprint density at radius 2 is 2.00 bits per heavy atom. The monoisotopic (exact) mass is 327 g/mol. The summed E-state index contributed by atoms with van der Waals surface area (Å²) in [6.45, 7) is 3.88. The highest BCUT2D eigenvalue weighted by molar-refractivity contribution is 9.10. The maximum absolute atomic E-state index is 5.99. The van der Waals surface area contributed by atoms with Crippen LogP contribution in [0, 0.1) is 5.92 Å². The predicted molar refractivity (Wildman–Crippen MR) is 80.7 cm³/mol. The van der Waals surface area contributed by atoms with Crippen molar-refractivity contribution in [1.82, 2.24) is 0 Å². The Bertz CT molecular complexity index is 417. The molecule has 2 rings (SSSR count). The molecular weight excluding hydrogens is 306 g/mol. The Kier molecular flexibility index (Phi) is 5.52. The quantitative estimate of drug-likeness (QED) is 0.862. The van der Waals surface area contributed by atoms with Crippen LogP contribution in [0.4, 0.5) is 0 Å². The number of ether oxygens (including phenoxy) is 2. The Morgan fingerprint density at radius 3 is 2.63 bits per heavy atom. The van der Waals surface area contributed by atoms with Gasteiger partial charge in [0.1, 0.15) is 0 Å². The van der Waals surface area contributed by atoms with Gasteiger partial charge in [-0.1, -0.05) is 12.8 Å². The summed E-state index contributed by atoms with van der Waals surface area (Å²) in [7, 11) is 0. The zero-order valence-corrected chi connectivity index (χ0v) is 13.0. The van der Waals surface area contributed by atoms with Crippen molar-refractivity contribution in [2.45, 2.75) is 39.2 Å². The lowest BCUT2D eigenvalue weighted by atomic mass is 10.1. The van der Waals surface area contributed by atoms with Crippen LogP contribution < -0.4 is 15.2 Å². The Labute approximate surface area is 123 Å². The van der Waals surface area contributed by atoms with Gasteiger partial charge in [0.15, 0.2) is 11.5 Å². The molecule has 1 fully saturated rings. The van der Waals surface area contributed by atoms with Gasteiger partial charge in [-0.25, -0.2) is 0 Å². The molecule has 0 aliphatic heterocycles. The second-order valence-corrected chi connectivity index (χ2v) is 5.86. The molecule has 0 aromatic heterocycles. The molecule has 1 saturated carbocycles. The fourth-order valence-electron chi connectivity index (χ4n) is 2.52. The number of rotatable bonds is 6. The lowest BCUT2D eigenvalue weighted by Crippen LogP contribution is -2.10. The first kappa shape index (κ1) is 14.7. The largest absolute Gasteiger partial charge is 0.490 e. The maximum Gasteiger partial charge on any atom is 0.175 e. The van der Waals surface area contributed by atoms with E-state index in [0.717, 1.165) is 28.1 Å². The smallest absolute Gasteiger partial charge is 0.175 e. The minimum Gasteiger partial charge on any atom is -0.490 e. The van der Waals surface area contributed by atoms with Crippen molar-refractivity contribution in [3.8, 4) is 11.5 Å². The van der Waals surface area contributed by atoms with E-state index < -0.39 is 0 Å². The SMILES string of the molecule is CCOc1cc(CN)cc(Br)c1OCC1CCCC1. The molecule has 3 nitrogen and oxygen atoms in total. The van der Waals surface area contributed by atoms with Crippen molar-refractivity contribution in [3.63, 3.8) is 0 Å². The summed E-state index contributed by atoms with van der Waals surface area (Å²) in [4.78, 5) is 0. The number of hydrogen-bond acceptors (Lipinski definition) is 3. The van der Waals surface area contributed by atoms with Crippen LogP contribution in [0.25, 0.3) is 0 Å². The molecular formula is C15H22BrNO2. The summed E-state index contributed by atoms with van der Waals surface area (Å²) < 4.78 is 12.6. The van der Waals surface area contributed by atoms with Gasteiger partial charge in [-0.2, -0.15) is 0 Å². The molecule has 4 heteroatoms. The summed E-state index contributed by atoms with van der Waals surface area (Å²) in [5.41, 5.74) is 6.74. The molecule has 0 heterocycles. The molecule has 0 amide bonds. The van der Waals surface area contributed by atoms with Crippen molar-refractivity contribution >= 4 is 15.9 Å². The molecule has 0 unspecified atom stereocenters. The van der Waals surface area contributed by atoms with E-state index in [1.54, 1.807) is 0 Å². The van der Waals surface area contributed by atoms with Crippen molar-refractivity contribution in [2.75, 3.05) is 13.2 Å². The molecule has 0 radical (unpaired) electrons. The first-order chi connectivity index (χ1) is 9.24. The van der Waals surface area contributed by atoms with Crippen LogP contribution in [-0.4, -0.2) is 13.2 Å². The predicted octanol–water partition coefficient (Wildman–Crippen LogP) is 3.88. The summed E-state index contributed by atoms with van der Waals surface area (Å²) in [5, 5.41) is 0. The summed E-state index contributed by atoms with van der Waals surface area (Å²) in [6, 6.07) is 3.98. The van der Waals surface area contributed by atoms with Crippen LogP contribution in [-0.2, 0) is 6.54 Å². The van der Waals surface area contributed by atoms with Gasteiger partial charge in [0, 0.05) is 6.54 Å². The summed E-state index contributed by atoms with van der Waals surface area (Å²) >= 11 is 3.56. The van der Waals surface area contributed by atoms with Gasteiger partial charge in [0.2, 0.25) is 0 Å². The fourth-order valence-corrected chi connectivity index (χ4v) is 3.12. The van der Waals surface area contributed by atoms with Gasteiger partial charge in [-0.05, 0) is 59.3 Å². The van der Waals surface area contributed by atoms with Crippen LogP contribution in [0.2, 0.25) is 0 Å². The van der Waals surface area contributed by atoms with E-state index in [-0.39, 0.29) is 0 Å². The van der Waals surface area contributed by atoms with Gasteiger partial charge in [0.25, 0.3) is 0 Å². The van der Waals surface area contributed by atoms with Gasteiger partial charge in [-0.15, -0.1) is 0 Å². The topological polar surface area (TPSA) is 44.5 Å². The third-order valence-corrected chi connectivity index (χ3v) is 4.13. The van der Waals surface area contributed by atoms with E-state index in [9.17, 15) is 0 Å². The van der Waals surface area contributed by atoms with Crippen LogP contribution in [0.15, 0.2) is 16.6 Å². The highest BCUT2D eigenvalue weighted by Gasteiger charge is 2.18. The molecule has 1 aromatic rings. The molecule has 19 heavy (non-hydrogen) atoms. The molecule has 1 aromatic carbocycles. The lowest BCUT2D eigenvalue weighted by Gasteiger charge is -2.17. The van der Waals surface area contributed by atoms with E-state index in [4.69, 9.17) is 15.2 Å². The zero-order chi connectivity index (χ0) is 13.7. The molecule has 0 spiro atoms. The first-order valence-electron chi connectivity index (χ1n) is 7.02. The van der Waals surface area contributed by atoms with Crippen molar-refractivity contribution < 1.29 is 9.47 Å². The molecule has 1 aliphatic rings. The second kappa shape index (κ2) is 7.15. The number of halogens is 1. The normalized spacial score (nSPS) is 15.7. The Balaban J connectivity index is 2.11. The number of hydrogen-bond donors (Lipinski definition) is 1. The van der Waals surface area contributed by atoms with E-state index >= 15 is 0 Å². The number of nitrogens with two attached hydrogens (primary N) is 1. The minimum atomic E-state index is 0.502. The van der Waals surface area contributed by atoms with E-state index in [1.807, 2.05) is 19.1 Å². The van der Waals surface area contributed by atoms with Crippen LogP contribution in [0.5, 0.6) is 11.5 Å². The third-order valence-electron chi connectivity index (χ3n) is 3.54. The highest BCUT2D eigenvalue weighted by atomic mass is 79.9. The van der Waals surface area contributed by atoms with Crippen molar-refractivity contribution in [1.29, 1.82) is 0 Å². The van der Waals surface area contributed by atoms with Crippen molar-refractivity contribution in [2.24, 2.45) is 11.7 Å². The van der Waals surface area contributed by atoms with Gasteiger partial charge in [0.05, 0.1) is 17.7 Å². The minimum absolute atomic E-state index is 0.502. The van der Waals surface area contributed by atoms with E-state index in [2.05, 4.69) is 15.9 Å². The maximum atomic E-state index is 5.99. The molecule has 0 atom stereocenters. The van der Waals surface area contributed by atoms with Crippen LogP contribution in [0.1, 0.15) is 38.2 Å². The summed E-state index contributed by atoms with van der Waals surface area (Å²) in [5.74, 6) is 2.29. The molecule has 1 aliphatic carbocycles. The molecule has 2 N–H and O–H groups in total. The van der Waals surface area contributed by atoms with Gasteiger partial charge >= 0.3 is 0 Å². The van der Waals surface area contributed by atoms with Crippen molar-refractivity contribution in [3.05, 3.63) is 22.2 Å². The summed E-state index contributed by atoms with van der Waals surface area (Å²) in [6.07, 6.45) is 5.23.